The summed E-state index contributed by atoms with van der Waals surface area (Å²) in [6.07, 6.45) is 0. The summed E-state index contributed by atoms with van der Waals surface area (Å²) in [5.74, 6) is -2.12. The highest BCUT2D eigenvalue weighted by molar-refractivity contribution is 7.11. The highest BCUT2D eigenvalue weighted by atomic mass is 32.1. The van der Waals surface area contributed by atoms with Crippen molar-refractivity contribution >= 4 is 17.0 Å². The fourth-order valence-electron chi connectivity index (χ4n) is 1.53. The van der Waals surface area contributed by atoms with Gasteiger partial charge in [0.15, 0.2) is 11.6 Å². The number of rotatable bonds is 3. The summed E-state index contributed by atoms with van der Waals surface area (Å²) in [5, 5.41) is 11.4. The number of aryl methyl sites for hydroxylation is 1. The van der Waals surface area contributed by atoms with Gasteiger partial charge < -0.3 is 5.32 Å². The molecule has 2 nitrogen and oxygen atoms in total. The zero-order valence-electron chi connectivity index (χ0n) is 9.63. The minimum Gasteiger partial charge on any atom is -0.378 e. The number of hydrogen-bond donors (Lipinski definition) is 1. The number of nitrogens with zero attached hydrogens (tertiary/aromatic N) is 1. The normalized spacial score (nSPS) is 10.1. The van der Waals surface area contributed by atoms with Crippen molar-refractivity contribution in [3.63, 3.8) is 0 Å². The van der Waals surface area contributed by atoms with E-state index in [2.05, 4.69) is 5.32 Å². The van der Waals surface area contributed by atoms with Gasteiger partial charge in [-0.05, 0) is 31.2 Å². The van der Waals surface area contributed by atoms with Crippen LogP contribution < -0.4 is 5.32 Å². The molecule has 18 heavy (non-hydrogen) atoms. The summed E-state index contributed by atoms with van der Waals surface area (Å²) < 4.78 is 26.9. The SMILES string of the molecule is Cc1ccc(CNc2ccc(C#N)c(F)c2F)s1. The molecule has 5 heteroatoms. The first kappa shape index (κ1) is 12.5. The van der Waals surface area contributed by atoms with Crippen LogP contribution in [0.5, 0.6) is 0 Å². The topological polar surface area (TPSA) is 35.8 Å². The van der Waals surface area contributed by atoms with Crippen LogP contribution in [0.1, 0.15) is 15.3 Å². The van der Waals surface area contributed by atoms with Crippen molar-refractivity contribution < 1.29 is 8.78 Å². The van der Waals surface area contributed by atoms with Gasteiger partial charge >= 0.3 is 0 Å². The van der Waals surface area contributed by atoms with Gasteiger partial charge in [0, 0.05) is 16.3 Å². The first-order valence-electron chi connectivity index (χ1n) is 5.29. The van der Waals surface area contributed by atoms with Crippen LogP contribution in [0, 0.1) is 29.9 Å². The quantitative estimate of drug-likeness (QED) is 0.914. The van der Waals surface area contributed by atoms with Crippen molar-refractivity contribution in [3.05, 3.63) is 51.2 Å². The largest absolute Gasteiger partial charge is 0.378 e. The van der Waals surface area contributed by atoms with E-state index in [1.165, 1.54) is 17.0 Å². The van der Waals surface area contributed by atoms with Gasteiger partial charge in [-0.3, -0.25) is 0 Å². The highest BCUT2D eigenvalue weighted by Crippen LogP contribution is 2.22. The maximum Gasteiger partial charge on any atom is 0.183 e. The Morgan fingerprint density at radius 2 is 2.00 bits per heavy atom. The molecule has 0 fully saturated rings. The maximum atomic E-state index is 13.6. The fraction of sp³-hybridized carbons (Fsp3) is 0.154. The van der Waals surface area contributed by atoms with Crippen LogP contribution in [0.4, 0.5) is 14.5 Å². The van der Waals surface area contributed by atoms with Gasteiger partial charge in [0.2, 0.25) is 0 Å². The van der Waals surface area contributed by atoms with Crippen molar-refractivity contribution in [2.24, 2.45) is 0 Å². The summed E-state index contributed by atoms with van der Waals surface area (Å²) in [6, 6.07) is 8.14. The lowest BCUT2D eigenvalue weighted by Crippen LogP contribution is -2.02. The molecule has 2 aromatic rings. The molecule has 92 valence electrons. The Morgan fingerprint density at radius 1 is 1.22 bits per heavy atom. The molecule has 0 aliphatic carbocycles. The highest BCUT2D eigenvalue weighted by Gasteiger charge is 2.12. The molecule has 1 aromatic carbocycles. The van der Waals surface area contributed by atoms with Crippen LogP contribution in [0.15, 0.2) is 24.3 Å². The predicted octanol–water partition coefficient (Wildman–Crippen LogP) is 3.82. The lowest BCUT2D eigenvalue weighted by molar-refractivity contribution is 0.508. The van der Waals surface area contributed by atoms with E-state index in [0.717, 1.165) is 4.88 Å². The predicted molar refractivity (Wildman–Crippen MR) is 67.5 cm³/mol. The van der Waals surface area contributed by atoms with Crippen LogP contribution in [0.2, 0.25) is 0 Å². The number of nitriles is 1. The zero-order chi connectivity index (χ0) is 13.1. The summed E-state index contributed by atoms with van der Waals surface area (Å²) in [4.78, 5) is 2.20. The van der Waals surface area contributed by atoms with Gasteiger partial charge in [-0.1, -0.05) is 0 Å². The van der Waals surface area contributed by atoms with Crippen molar-refractivity contribution in [2.45, 2.75) is 13.5 Å². The third kappa shape index (κ3) is 2.49. The third-order valence-electron chi connectivity index (χ3n) is 2.45. The second-order valence-corrected chi connectivity index (χ2v) is 5.14. The Balaban J connectivity index is 2.15. The maximum absolute atomic E-state index is 13.6. The molecule has 0 aliphatic rings. The molecule has 0 bridgehead atoms. The molecule has 0 spiro atoms. The molecule has 0 saturated carbocycles. The first-order valence-corrected chi connectivity index (χ1v) is 6.10. The van der Waals surface area contributed by atoms with Gasteiger partial charge in [0.1, 0.15) is 6.07 Å². The molecular formula is C13H10F2N2S. The Labute approximate surface area is 107 Å². The molecule has 0 unspecified atom stereocenters. The Hall–Kier alpha value is -1.93. The number of halogens is 2. The molecule has 0 amide bonds. The standard InChI is InChI=1S/C13H10F2N2S/c1-8-2-4-10(18-8)7-17-11-5-3-9(6-16)12(14)13(11)15/h2-5,17H,7H2,1H3. The van der Waals surface area contributed by atoms with E-state index in [-0.39, 0.29) is 11.3 Å². The number of anilines is 1. The van der Waals surface area contributed by atoms with Gasteiger partial charge in [0.25, 0.3) is 0 Å². The Kier molecular flexibility index (Phi) is 3.58. The van der Waals surface area contributed by atoms with E-state index in [9.17, 15) is 8.78 Å². The molecule has 1 N–H and O–H groups in total. The molecule has 0 atom stereocenters. The van der Waals surface area contributed by atoms with Crippen LogP contribution in [-0.2, 0) is 6.54 Å². The Bertz CT molecular complexity index is 614. The van der Waals surface area contributed by atoms with E-state index in [4.69, 9.17) is 5.26 Å². The lowest BCUT2D eigenvalue weighted by atomic mass is 10.2. The van der Waals surface area contributed by atoms with E-state index in [1.807, 2.05) is 19.1 Å². The Morgan fingerprint density at radius 3 is 2.61 bits per heavy atom. The van der Waals surface area contributed by atoms with Crippen LogP contribution in [0.3, 0.4) is 0 Å². The molecule has 0 saturated heterocycles. The average Bonchev–Trinajstić information content (AvgIpc) is 2.77. The zero-order valence-corrected chi connectivity index (χ0v) is 10.4. The van der Waals surface area contributed by atoms with Crippen molar-refractivity contribution in [1.29, 1.82) is 5.26 Å². The molecular weight excluding hydrogens is 254 g/mol. The minimum atomic E-state index is -1.11. The molecule has 1 heterocycles. The van der Waals surface area contributed by atoms with Crippen LogP contribution in [0.25, 0.3) is 0 Å². The van der Waals surface area contributed by atoms with Crippen molar-refractivity contribution in [3.8, 4) is 6.07 Å². The number of thiophene rings is 1. The molecule has 1 aromatic heterocycles. The average molecular weight is 264 g/mol. The fourth-order valence-corrected chi connectivity index (χ4v) is 2.36. The second-order valence-electron chi connectivity index (χ2n) is 3.77. The van der Waals surface area contributed by atoms with E-state index in [0.29, 0.717) is 6.54 Å². The minimum absolute atomic E-state index is 0.0672. The number of nitrogens with one attached hydrogen (secondary N) is 1. The van der Waals surface area contributed by atoms with E-state index in [1.54, 1.807) is 17.4 Å². The van der Waals surface area contributed by atoms with Gasteiger partial charge in [-0.15, -0.1) is 11.3 Å². The second kappa shape index (κ2) is 5.15. The lowest BCUT2D eigenvalue weighted by Gasteiger charge is -2.07. The summed E-state index contributed by atoms with van der Waals surface area (Å²) in [5.41, 5.74) is -0.220. The number of benzene rings is 1. The summed E-state index contributed by atoms with van der Waals surface area (Å²) >= 11 is 1.59. The van der Waals surface area contributed by atoms with Gasteiger partial charge in [0.05, 0.1) is 11.3 Å². The molecule has 0 aliphatic heterocycles. The van der Waals surface area contributed by atoms with Crippen molar-refractivity contribution in [2.75, 3.05) is 5.32 Å². The van der Waals surface area contributed by atoms with Crippen molar-refractivity contribution in [1.82, 2.24) is 0 Å². The number of hydrogen-bond acceptors (Lipinski definition) is 3. The van der Waals surface area contributed by atoms with E-state index >= 15 is 0 Å². The molecule has 2 rings (SSSR count). The third-order valence-corrected chi connectivity index (χ3v) is 3.45. The summed E-state index contributed by atoms with van der Waals surface area (Å²) in [7, 11) is 0. The summed E-state index contributed by atoms with van der Waals surface area (Å²) in [6.45, 7) is 2.41. The van der Waals surface area contributed by atoms with E-state index < -0.39 is 11.6 Å². The first-order chi connectivity index (χ1) is 8.61. The van der Waals surface area contributed by atoms with Gasteiger partial charge in [-0.2, -0.15) is 5.26 Å². The van der Waals surface area contributed by atoms with Gasteiger partial charge in [-0.25, -0.2) is 8.78 Å². The molecule has 0 radical (unpaired) electrons. The van der Waals surface area contributed by atoms with Crippen LogP contribution >= 0.6 is 11.3 Å². The van der Waals surface area contributed by atoms with Crippen LogP contribution in [-0.4, -0.2) is 0 Å². The smallest absolute Gasteiger partial charge is 0.183 e. The monoisotopic (exact) mass is 264 g/mol.